The highest BCUT2D eigenvalue weighted by Crippen LogP contribution is 2.35. The molecule has 7 heteroatoms. The van der Waals surface area contributed by atoms with Crippen molar-refractivity contribution in [1.82, 2.24) is 0 Å². The van der Waals surface area contributed by atoms with Crippen LogP contribution in [0.2, 0.25) is 12.1 Å². The zero-order valence-electron chi connectivity index (χ0n) is 12.0. The van der Waals surface area contributed by atoms with Gasteiger partial charge in [-0.05, 0) is 38.8 Å². The van der Waals surface area contributed by atoms with Crippen LogP contribution >= 0.6 is 55.4 Å². The molecule has 0 spiro atoms. The van der Waals surface area contributed by atoms with E-state index in [2.05, 4.69) is 30.3 Å². The van der Waals surface area contributed by atoms with E-state index in [0.29, 0.717) is 12.1 Å². The number of hydrogen-bond donors (Lipinski definition) is 0. The molecule has 0 aliphatic heterocycles. The first kappa shape index (κ1) is 17.9. The van der Waals surface area contributed by atoms with Crippen LogP contribution in [0, 0.1) is 0 Å². The van der Waals surface area contributed by atoms with Gasteiger partial charge in [-0.15, -0.1) is 55.4 Å². The molecule has 0 fully saturated rings. The van der Waals surface area contributed by atoms with E-state index in [1.165, 1.54) is 5.39 Å². The van der Waals surface area contributed by atoms with E-state index in [1.54, 1.807) is 0 Å². The Hall–Kier alpha value is 0.0638. The summed E-state index contributed by atoms with van der Waals surface area (Å²) < 4.78 is 0. The molecule has 0 aliphatic carbocycles. The topological polar surface area (TPSA) is 0 Å². The van der Waals surface area contributed by atoms with Gasteiger partial charge >= 0.3 is 6.00 Å². The molecule has 23 heavy (non-hydrogen) atoms. The smallest absolute Gasteiger partial charge is 0.140 e. The second kappa shape index (κ2) is 6.76. The summed E-state index contributed by atoms with van der Waals surface area (Å²) in [6.07, 6.45) is 0. The predicted octanol–water partition coefficient (Wildman–Crippen LogP) is 6.78. The Morgan fingerprint density at radius 1 is 0.652 bits per heavy atom. The van der Waals surface area contributed by atoms with E-state index in [4.69, 9.17) is 55.4 Å². The third-order valence-corrected chi connectivity index (χ3v) is 11.3. The van der Waals surface area contributed by atoms with Crippen LogP contribution in [0.5, 0.6) is 0 Å². The van der Waals surface area contributed by atoms with Crippen molar-refractivity contribution in [2.45, 2.75) is 12.1 Å². The third kappa shape index (κ3) is 4.01. The predicted molar refractivity (Wildman–Crippen MR) is 111 cm³/mol. The molecule has 0 atom stereocenters. The number of benzene rings is 3. The van der Waals surface area contributed by atoms with Gasteiger partial charge in [0, 0.05) is 0 Å². The van der Waals surface area contributed by atoms with Gasteiger partial charge in [0.05, 0.1) is 0 Å². The highest BCUT2D eigenvalue weighted by atomic mass is 35.8. The van der Waals surface area contributed by atoms with Crippen LogP contribution in [0.25, 0.3) is 21.5 Å². The molecule has 0 nitrogen and oxygen atoms in total. The van der Waals surface area contributed by atoms with Gasteiger partial charge in [-0.2, -0.15) is 0 Å². The van der Waals surface area contributed by atoms with Crippen LogP contribution in [0.15, 0.2) is 54.6 Å². The number of halogens is 5. The molecule has 3 aromatic carbocycles. The summed E-state index contributed by atoms with van der Waals surface area (Å²) in [5.41, 5.74) is 0. The van der Waals surface area contributed by atoms with E-state index in [0.717, 1.165) is 21.3 Å². The molecule has 0 bridgehead atoms. The molecule has 0 N–H and O–H groups in total. The van der Waals surface area contributed by atoms with Gasteiger partial charge in [-0.25, -0.2) is 0 Å². The maximum absolute atomic E-state index is 6.80. The molecule has 0 amide bonds. The SMILES string of the molecule is Cl[Si](Cl)(Cl)CC[Si](Cl)(Cl)c1cc2ccccc2c2ccccc12. The summed E-state index contributed by atoms with van der Waals surface area (Å²) in [6, 6.07) is 16.8. The Kier molecular flexibility index (Phi) is 5.25. The largest absolute Gasteiger partial charge is 0.341 e. The van der Waals surface area contributed by atoms with E-state index in [9.17, 15) is 0 Å². The molecule has 0 radical (unpaired) electrons. The lowest BCUT2D eigenvalue weighted by Crippen LogP contribution is -2.38. The summed E-state index contributed by atoms with van der Waals surface area (Å²) in [5.74, 6) is 0. The molecule has 0 aromatic heterocycles. The summed E-state index contributed by atoms with van der Waals surface area (Å²) in [6.45, 7) is -2.75. The molecule has 3 aromatic rings. The zero-order chi connectivity index (χ0) is 16.7. The van der Waals surface area contributed by atoms with Crippen molar-refractivity contribution in [3.63, 3.8) is 0 Å². The van der Waals surface area contributed by atoms with E-state index < -0.39 is 12.7 Å². The Morgan fingerprint density at radius 2 is 1.22 bits per heavy atom. The molecule has 3 rings (SSSR count). The Bertz CT molecular complexity index is 858. The fourth-order valence-corrected chi connectivity index (χ4v) is 11.6. The molecular formula is C16H13Cl5Si2. The summed E-state index contributed by atoms with van der Waals surface area (Å²) in [7, 11) is 0. The van der Waals surface area contributed by atoms with Gasteiger partial charge in [-0.3, -0.25) is 0 Å². The number of fused-ring (bicyclic) bond motifs is 3. The standard InChI is InChI=1S/C16H13Cl5Si2/c17-22(18,9-10-23(19,20)21)16-11-12-5-1-2-6-13(12)14-7-3-4-8-15(14)16/h1-8,11H,9-10H2. The zero-order valence-corrected chi connectivity index (χ0v) is 17.8. The maximum Gasteiger partial charge on any atom is 0.341 e. The first-order valence-electron chi connectivity index (χ1n) is 7.13. The van der Waals surface area contributed by atoms with Crippen LogP contribution in [-0.2, 0) is 0 Å². The molecule has 0 heterocycles. The first-order chi connectivity index (χ1) is 10.8. The van der Waals surface area contributed by atoms with Crippen molar-refractivity contribution in [2.75, 3.05) is 0 Å². The minimum absolute atomic E-state index is 0.470. The Morgan fingerprint density at radius 3 is 1.87 bits per heavy atom. The lowest BCUT2D eigenvalue weighted by atomic mass is 10.0. The van der Waals surface area contributed by atoms with Crippen molar-refractivity contribution in [3.8, 4) is 0 Å². The van der Waals surface area contributed by atoms with Crippen molar-refractivity contribution >= 4 is 94.8 Å². The number of rotatable bonds is 4. The minimum Gasteiger partial charge on any atom is -0.140 e. The van der Waals surface area contributed by atoms with E-state index in [1.807, 2.05) is 24.3 Å². The molecule has 0 unspecified atom stereocenters. The highest BCUT2D eigenvalue weighted by Gasteiger charge is 2.37. The average Bonchev–Trinajstić information content (AvgIpc) is 2.52. The molecule has 0 saturated heterocycles. The van der Waals surface area contributed by atoms with Crippen LogP contribution in [-0.4, -0.2) is 12.7 Å². The fraction of sp³-hybridized carbons (Fsp3) is 0.125. The minimum atomic E-state index is -2.75. The normalized spacial score (nSPS) is 12.9. The van der Waals surface area contributed by atoms with Gasteiger partial charge in [0.25, 0.3) is 6.69 Å². The Labute approximate surface area is 160 Å². The Balaban J connectivity index is 2.19. The lowest BCUT2D eigenvalue weighted by molar-refractivity contribution is 1.41. The lowest BCUT2D eigenvalue weighted by Gasteiger charge is -2.22. The monoisotopic (exact) mass is 436 g/mol. The van der Waals surface area contributed by atoms with Crippen LogP contribution in [0.4, 0.5) is 0 Å². The van der Waals surface area contributed by atoms with E-state index >= 15 is 0 Å². The maximum atomic E-state index is 6.80. The van der Waals surface area contributed by atoms with Crippen LogP contribution in [0.1, 0.15) is 0 Å². The van der Waals surface area contributed by atoms with Gasteiger partial charge in [0.2, 0.25) is 0 Å². The van der Waals surface area contributed by atoms with Crippen molar-refractivity contribution in [2.24, 2.45) is 0 Å². The van der Waals surface area contributed by atoms with Gasteiger partial charge in [0.1, 0.15) is 0 Å². The molecule has 0 saturated carbocycles. The molecular weight excluding hydrogens is 426 g/mol. The molecule has 0 aliphatic rings. The van der Waals surface area contributed by atoms with Gasteiger partial charge in [0.15, 0.2) is 0 Å². The molecule has 120 valence electrons. The van der Waals surface area contributed by atoms with Crippen LogP contribution in [0.3, 0.4) is 0 Å². The van der Waals surface area contributed by atoms with Crippen molar-refractivity contribution < 1.29 is 0 Å². The third-order valence-electron chi connectivity index (χ3n) is 3.88. The average molecular weight is 439 g/mol. The summed E-state index contributed by atoms with van der Waals surface area (Å²) in [5, 5.41) is 5.57. The number of hydrogen-bond acceptors (Lipinski definition) is 0. The van der Waals surface area contributed by atoms with Crippen molar-refractivity contribution in [1.29, 1.82) is 0 Å². The second-order valence-electron chi connectivity index (χ2n) is 5.51. The van der Waals surface area contributed by atoms with Gasteiger partial charge in [-0.1, -0.05) is 54.6 Å². The highest BCUT2D eigenvalue weighted by molar-refractivity contribution is 7.65. The fourth-order valence-electron chi connectivity index (χ4n) is 2.79. The van der Waals surface area contributed by atoms with E-state index in [-0.39, 0.29) is 0 Å². The summed E-state index contributed by atoms with van der Waals surface area (Å²) in [4.78, 5) is 0. The first-order valence-corrected chi connectivity index (χ1v) is 16.6. The quantitative estimate of drug-likeness (QED) is 0.239. The van der Waals surface area contributed by atoms with Crippen molar-refractivity contribution in [3.05, 3.63) is 54.6 Å². The van der Waals surface area contributed by atoms with Gasteiger partial charge < -0.3 is 0 Å². The van der Waals surface area contributed by atoms with Crippen LogP contribution < -0.4 is 5.19 Å². The second-order valence-corrected chi connectivity index (χ2v) is 21.7. The summed E-state index contributed by atoms with van der Waals surface area (Å²) >= 11 is 31.6.